The smallest absolute Gasteiger partial charge is 0.118 e. The Morgan fingerprint density at radius 1 is 1.00 bits per heavy atom. The van der Waals surface area contributed by atoms with E-state index < -0.39 is 30.5 Å². The molecule has 5 atom stereocenters. The highest BCUT2D eigenvalue weighted by Gasteiger charge is 2.43. The SMILES string of the molecule is CCC[C@H]1O[C@@H](c2ccc(Cl)c(Cc3ccc(OC)cc3)c2)[C@H](O)[C@@H](O)[C@@H]1O. The van der Waals surface area contributed by atoms with Gasteiger partial charge in [-0.1, -0.05) is 49.2 Å². The Bertz CT molecular complexity index is 779. The first-order valence-corrected chi connectivity index (χ1v) is 9.93. The van der Waals surface area contributed by atoms with E-state index in [0.29, 0.717) is 17.9 Å². The maximum Gasteiger partial charge on any atom is 0.118 e. The maximum absolute atomic E-state index is 10.5. The minimum absolute atomic E-state index is 0.519. The predicted octanol–water partition coefficient (Wildman–Crippen LogP) is 3.26. The van der Waals surface area contributed by atoms with Crippen molar-refractivity contribution in [3.8, 4) is 5.75 Å². The third-order valence-electron chi connectivity index (χ3n) is 5.24. The normalized spacial score (nSPS) is 27.6. The van der Waals surface area contributed by atoms with Gasteiger partial charge in [-0.3, -0.25) is 0 Å². The molecule has 3 rings (SSSR count). The first kappa shape index (κ1) is 21.1. The number of methoxy groups -OCH3 is 1. The molecule has 2 aromatic rings. The number of ether oxygens (including phenoxy) is 2. The third-order valence-corrected chi connectivity index (χ3v) is 5.61. The first-order valence-electron chi connectivity index (χ1n) is 9.55. The summed E-state index contributed by atoms with van der Waals surface area (Å²) >= 11 is 6.39. The van der Waals surface area contributed by atoms with E-state index in [0.717, 1.165) is 28.9 Å². The van der Waals surface area contributed by atoms with Crippen LogP contribution in [-0.4, -0.2) is 46.8 Å². The van der Waals surface area contributed by atoms with Crippen LogP contribution in [0.25, 0.3) is 0 Å². The van der Waals surface area contributed by atoms with Gasteiger partial charge in [0.2, 0.25) is 0 Å². The second kappa shape index (κ2) is 9.25. The van der Waals surface area contributed by atoms with Crippen LogP contribution in [0.2, 0.25) is 5.02 Å². The molecule has 0 unspecified atom stereocenters. The van der Waals surface area contributed by atoms with E-state index in [-0.39, 0.29) is 0 Å². The molecule has 0 radical (unpaired) electrons. The van der Waals surface area contributed by atoms with E-state index in [9.17, 15) is 15.3 Å². The van der Waals surface area contributed by atoms with Crippen LogP contribution in [-0.2, 0) is 11.2 Å². The molecule has 0 aromatic heterocycles. The minimum Gasteiger partial charge on any atom is -0.497 e. The molecule has 0 aliphatic carbocycles. The summed E-state index contributed by atoms with van der Waals surface area (Å²) in [5, 5.41) is 31.5. The third kappa shape index (κ3) is 4.50. The molecule has 0 saturated carbocycles. The van der Waals surface area contributed by atoms with E-state index >= 15 is 0 Å². The molecule has 3 N–H and O–H groups in total. The Kier molecular flexibility index (Phi) is 6.96. The minimum atomic E-state index is -1.25. The van der Waals surface area contributed by atoms with Crippen LogP contribution in [0.5, 0.6) is 5.75 Å². The van der Waals surface area contributed by atoms with Crippen LogP contribution in [0, 0.1) is 0 Å². The molecule has 0 amide bonds. The summed E-state index contributed by atoms with van der Waals surface area (Å²) in [4.78, 5) is 0. The van der Waals surface area contributed by atoms with Gasteiger partial charge in [0.25, 0.3) is 0 Å². The molecular weight excluding hydrogens is 380 g/mol. The molecule has 0 bridgehead atoms. The lowest BCUT2D eigenvalue weighted by molar-refractivity contribution is -0.226. The largest absolute Gasteiger partial charge is 0.497 e. The fraction of sp³-hybridized carbons (Fsp3) is 0.455. The van der Waals surface area contributed by atoms with Gasteiger partial charge in [0, 0.05) is 5.02 Å². The van der Waals surface area contributed by atoms with Crippen LogP contribution < -0.4 is 4.74 Å². The quantitative estimate of drug-likeness (QED) is 0.686. The number of benzene rings is 2. The van der Waals surface area contributed by atoms with Gasteiger partial charge >= 0.3 is 0 Å². The number of aliphatic hydroxyl groups is 3. The van der Waals surface area contributed by atoms with Crippen LogP contribution in [0.4, 0.5) is 0 Å². The van der Waals surface area contributed by atoms with Gasteiger partial charge < -0.3 is 24.8 Å². The summed E-state index contributed by atoms with van der Waals surface area (Å²) in [5.41, 5.74) is 2.70. The Morgan fingerprint density at radius 2 is 1.71 bits per heavy atom. The van der Waals surface area contributed by atoms with Crippen molar-refractivity contribution in [2.45, 2.75) is 56.7 Å². The molecule has 5 nitrogen and oxygen atoms in total. The Balaban J connectivity index is 1.84. The molecular formula is C22H27ClO5. The van der Waals surface area contributed by atoms with Crippen molar-refractivity contribution in [1.82, 2.24) is 0 Å². The van der Waals surface area contributed by atoms with Crippen LogP contribution in [0.15, 0.2) is 42.5 Å². The molecule has 1 aliphatic heterocycles. The summed E-state index contributed by atoms with van der Waals surface area (Å²) in [6.07, 6.45) is -2.78. The van der Waals surface area contributed by atoms with Crippen LogP contribution in [0.1, 0.15) is 42.6 Å². The van der Waals surface area contributed by atoms with Crippen molar-refractivity contribution in [1.29, 1.82) is 0 Å². The van der Waals surface area contributed by atoms with Crippen molar-refractivity contribution in [2.75, 3.05) is 7.11 Å². The van der Waals surface area contributed by atoms with Crippen molar-refractivity contribution < 1.29 is 24.8 Å². The predicted molar refractivity (Wildman–Crippen MR) is 108 cm³/mol. The zero-order chi connectivity index (χ0) is 20.3. The second-order valence-corrected chi connectivity index (χ2v) is 7.64. The maximum atomic E-state index is 10.5. The van der Waals surface area contributed by atoms with Gasteiger partial charge in [0.1, 0.15) is 30.2 Å². The Hall–Kier alpha value is -1.63. The number of rotatable bonds is 6. The molecule has 1 heterocycles. The monoisotopic (exact) mass is 406 g/mol. The lowest BCUT2D eigenvalue weighted by atomic mass is 9.88. The van der Waals surface area contributed by atoms with Gasteiger partial charge in [-0.05, 0) is 47.7 Å². The molecule has 152 valence electrons. The summed E-state index contributed by atoms with van der Waals surface area (Å²) in [6, 6.07) is 13.2. The van der Waals surface area contributed by atoms with Crippen molar-refractivity contribution >= 4 is 11.6 Å². The highest BCUT2D eigenvalue weighted by Crippen LogP contribution is 2.35. The van der Waals surface area contributed by atoms with Gasteiger partial charge in [0.15, 0.2) is 0 Å². The van der Waals surface area contributed by atoms with Gasteiger partial charge in [0.05, 0.1) is 13.2 Å². The summed E-state index contributed by atoms with van der Waals surface area (Å²) in [5.74, 6) is 0.789. The Morgan fingerprint density at radius 3 is 2.36 bits per heavy atom. The molecule has 0 spiro atoms. The van der Waals surface area contributed by atoms with E-state index in [4.69, 9.17) is 21.1 Å². The zero-order valence-corrected chi connectivity index (χ0v) is 16.8. The second-order valence-electron chi connectivity index (χ2n) is 7.23. The van der Waals surface area contributed by atoms with Gasteiger partial charge in [-0.15, -0.1) is 0 Å². The van der Waals surface area contributed by atoms with Crippen LogP contribution in [0.3, 0.4) is 0 Å². The van der Waals surface area contributed by atoms with E-state index in [1.165, 1.54) is 0 Å². The van der Waals surface area contributed by atoms with E-state index in [1.807, 2.05) is 37.3 Å². The topological polar surface area (TPSA) is 79.2 Å². The lowest BCUT2D eigenvalue weighted by Gasteiger charge is -2.41. The zero-order valence-electron chi connectivity index (χ0n) is 16.1. The number of aliphatic hydroxyl groups excluding tert-OH is 3. The van der Waals surface area contributed by atoms with Crippen molar-refractivity contribution in [3.63, 3.8) is 0 Å². The highest BCUT2D eigenvalue weighted by atomic mass is 35.5. The van der Waals surface area contributed by atoms with Crippen molar-refractivity contribution in [2.24, 2.45) is 0 Å². The average Bonchev–Trinajstić information content (AvgIpc) is 2.71. The number of hydrogen-bond donors (Lipinski definition) is 3. The van der Waals surface area contributed by atoms with Crippen LogP contribution >= 0.6 is 11.6 Å². The molecule has 2 aromatic carbocycles. The summed E-state index contributed by atoms with van der Waals surface area (Å²) in [6.45, 7) is 1.98. The average molecular weight is 407 g/mol. The number of hydrogen-bond acceptors (Lipinski definition) is 5. The fourth-order valence-corrected chi connectivity index (χ4v) is 3.80. The lowest BCUT2D eigenvalue weighted by Crippen LogP contribution is -2.54. The Labute approximate surface area is 170 Å². The summed E-state index contributed by atoms with van der Waals surface area (Å²) in [7, 11) is 1.63. The van der Waals surface area contributed by atoms with Crippen molar-refractivity contribution in [3.05, 3.63) is 64.2 Å². The molecule has 28 heavy (non-hydrogen) atoms. The van der Waals surface area contributed by atoms with E-state index in [2.05, 4.69) is 0 Å². The molecule has 1 aliphatic rings. The van der Waals surface area contributed by atoms with Gasteiger partial charge in [-0.2, -0.15) is 0 Å². The highest BCUT2D eigenvalue weighted by molar-refractivity contribution is 6.31. The van der Waals surface area contributed by atoms with E-state index in [1.54, 1.807) is 19.2 Å². The molecule has 1 fully saturated rings. The standard InChI is InChI=1S/C22H27ClO5/c1-3-4-18-19(24)20(25)21(26)22(28-18)14-7-10-17(23)15(12-14)11-13-5-8-16(27-2)9-6-13/h5-10,12,18-22,24-26H,3-4,11H2,1-2H3/t18-,19-,20+,21-,22+/m1/s1. The first-order chi connectivity index (χ1) is 13.4. The number of halogens is 1. The fourth-order valence-electron chi connectivity index (χ4n) is 3.62. The molecule has 6 heteroatoms. The molecule has 1 saturated heterocycles. The van der Waals surface area contributed by atoms with Gasteiger partial charge in [-0.25, -0.2) is 0 Å². The summed E-state index contributed by atoms with van der Waals surface area (Å²) < 4.78 is 11.2.